The number of phenolic OH excluding ortho intramolecular Hbond substituents is 1. The molecule has 2 nitrogen and oxygen atoms in total. The van der Waals surface area contributed by atoms with Crippen LogP contribution < -0.4 is 0 Å². The van der Waals surface area contributed by atoms with Crippen molar-refractivity contribution in [2.24, 2.45) is 0 Å². The average molecular weight is 233 g/mol. The summed E-state index contributed by atoms with van der Waals surface area (Å²) in [5.41, 5.74) is 1.29. The molecule has 0 aliphatic carbocycles. The minimum absolute atomic E-state index is 0.395. The Labute approximate surface area is 104 Å². The van der Waals surface area contributed by atoms with Crippen molar-refractivity contribution in [3.8, 4) is 5.75 Å². The van der Waals surface area contributed by atoms with Crippen LogP contribution in [0.3, 0.4) is 0 Å². The monoisotopic (exact) mass is 233 g/mol. The molecule has 0 amide bonds. The van der Waals surface area contributed by atoms with Crippen LogP contribution in [0.4, 0.5) is 0 Å². The fraction of sp³-hybridized carbons (Fsp3) is 0.600. The van der Waals surface area contributed by atoms with Gasteiger partial charge in [-0.25, -0.2) is 0 Å². The number of benzene rings is 1. The Hall–Kier alpha value is -1.02. The lowest BCUT2D eigenvalue weighted by Gasteiger charge is -2.15. The molecule has 1 saturated heterocycles. The summed E-state index contributed by atoms with van der Waals surface area (Å²) >= 11 is 0. The first-order valence-corrected chi connectivity index (χ1v) is 6.81. The Morgan fingerprint density at radius 1 is 1.35 bits per heavy atom. The van der Waals surface area contributed by atoms with Crippen molar-refractivity contribution in [3.05, 3.63) is 29.8 Å². The highest BCUT2D eigenvalue weighted by atomic mass is 16.3. The lowest BCUT2D eigenvalue weighted by atomic mass is 9.98. The van der Waals surface area contributed by atoms with Gasteiger partial charge in [-0.1, -0.05) is 31.9 Å². The zero-order chi connectivity index (χ0) is 12.1. The number of nitrogens with zero attached hydrogens (tertiary/aromatic N) is 1. The molecule has 0 bridgehead atoms. The lowest BCUT2D eigenvalue weighted by molar-refractivity contribution is 0.325. The van der Waals surface area contributed by atoms with Crippen LogP contribution in [0.5, 0.6) is 5.75 Å². The third kappa shape index (κ3) is 3.47. The molecule has 1 atom stereocenters. The van der Waals surface area contributed by atoms with Crippen molar-refractivity contribution in [1.82, 2.24) is 4.90 Å². The molecule has 17 heavy (non-hydrogen) atoms. The van der Waals surface area contributed by atoms with Gasteiger partial charge in [0.2, 0.25) is 0 Å². The van der Waals surface area contributed by atoms with Gasteiger partial charge in [-0.05, 0) is 49.5 Å². The fourth-order valence-electron chi connectivity index (χ4n) is 2.67. The first kappa shape index (κ1) is 12.4. The van der Waals surface area contributed by atoms with E-state index in [1.807, 2.05) is 12.1 Å². The van der Waals surface area contributed by atoms with E-state index in [-0.39, 0.29) is 0 Å². The van der Waals surface area contributed by atoms with E-state index < -0.39 is 0 Å². The number of phenols is 1. The van der Waals surface area contributed by atoms with E-state index in [0.717, 1.165) is 6.54 Å². The molecule has 1 unspecified atom stereocenters. The number of rotatable bonds is 5. The molecule has 1 aromatic rings. The van der Waals surface area contributed by atoms with Crippen LogP contribution >= 0.6 is 0 Å². The van der Waals surface area contributed by atoms with E-state index in [1.165, 1.54) is 44.3 Å². The van der Waals surface area contributed by atoms with Crippen molar-refractivity contribution in [2.45, 2.75) is 38.5 Å². The minimum Gasteiger partial charge on any atom is -0.508 e. The van der Waals surface area contributed by atoms with Crippen LogP contribution in [0.1, 0.15) is 44.1 Å². The molecule has 2 heteroatoms. The van der Waals surface area contributed by atoms with E-state index in [0.29, 0.717) is 11.7 Å². The molecule has 0 spiro atoms. The second-order valence-corrected chi connectivity index (χ2v) is 5.09. The number of hydrogen-bond acceptors (Lipinski definition) is 2. The smallest absolute Gasteiger partial charge is 0.115 e. The predicted octanol–water partition coefficient (Wildman–Crippen LogP) is 3.37. The number of unbranched alkanes of at least 4 members (excludes halogenated alkanes) is 2. The van der Waals surface area contributed by atoms with Crippen molar-refractivity contribution in [3.63, 3.8) is 0 Å². The maximum absolute atomic E-state index is 9.50. The predicted molar refractivity (Wildman–Crippen MR) is 71.4 cm³/mol. The Bertz CT molecular complexity index is 351. The topological polar surface area (TPSA) is 23.5 Å². The Kier molecular flexibility index (Phi) is 4.43. The highest BCUT2D eigenvalue weighted by molar-refractivity contribution is 5.30. The SMILES string of the molecule is CCCCCN1CCC(c2cccc(O)c2)C1. The van der Waals surface area contributed by atoms with E-state index in [1.54, 1.807) is 6.07 Å². The zero-order valence-corrected chi connectivity index (χ0v) is 10.7. The van der Waals surface area contributed by atoms with Gasteiger partial charge in [0.15, 0.2) is 0 Å². The summed E-state index contributed by atoms with van der Waals surface area (Å²) < 4.78 is 0. The second kappa shape index (κ2) is 6.06. The van der Waals surface area contributed by atoms with Crippen molar-refractivity contribution >= 4 is 0 Å². The highest BCUT2D eigenvalue weighted by Crippen LogP contribution is 2.29. The summed E-state index contributed by atoms with van der Waals surface area (Å²) in [6.45, 7) is 5.86. The quantitative estimate of drug-likeness (QED) is 0.788. The summed E-state index contributed by atoms with van der Waals surface area (Å²) in [6, 6.07) is 7.75. The molecule has 1 aliphatic heterocycles. The van der Waals surface area contributed by atoms with Crippen molar-refractivity contribution in [2.75, 3.05) is 19.6 Å². The zero-order valence-electron chi connectivity index (χ0n) is 10.7. The summed E-state index contributed by atoms with van der Waals surface area (Å²) in [6.07, 6.45) is 5.19. The minimum atomic E-state index is 0.395. The summed E-state index contributed by atoms with van der Waals surface area (Å²) in [5, 5.41) is 9.50. The first-order valence-electron chi connectivity index (χ1n) is 6.81. The highest BCUT2D eigenvalue weighted by Gasteiger charge is 2.23. The van der Waals surface area contributed by atoms with Gasteiger partial charge in [0.05, 0.1) is 0 Å². The van der Waals surface area contributed by atoms with Gasteiger partial charge < -0.3 is 10.0 Å². The van der Waals surface area contributed by atoms with E-state index in [2.05, 4.69) is 17.9 Å². The molecule has 2 rings (SSSR count). The van der Waals surface area contributed by atoms with Crippen molar-refractivity contribution in [1.29, 1.82) is 0 Å². The van der Waals surface area contributed by atoms with Crippen LogP contribution in [0, 0.1) is 0 Å². The molecule has 1 N–H and O–H groups in total. The van der Waals surface area contributed by atoms with Gasteiger partial charge in [0.1, 0.15) is 5.75 Å². The van der Waals surface area contributed by atoms with Gasteiger partial charge in [-0.15, -0.1) is 0 Å². The maximum Gasteiger partial charge on any atom is 0.115 e. The van der Waals surface area contributed by atoms with Crippen LogP contribution in [-0.4, -0.2) is 29.6 Å². The van der Waals surface area contributed by atoms with Gasteiger partial charge in [0, 0.05) is 6.54 Å². The summed E-state index contributed by atoms with van der Waals surface area (Å²) in [4.78, 5) is 2.56. The van der Waals surface area contributed by atoms with Gasteiger partial charge in [0.25, 0.3) is 0 Å². The molecule has 0 aromatic heterocycles. The van der Waals surface area contributed by atoms with E-state index >= 15 is 0 Å². The van der Waals surface area contributed by atoms with Gasteiger partial charge in [-0.2, -0.15) is 0 Å². The lowest BCUT2D eigenvalue weighted by Crippen LogP contribution is -2.21. The second-order valence-electron chi connectivity index (χ2n) is 5.09. The largest absolute Gasteiger partial charge is 0.508 e. The third-order valence-corrected chi connectivity index (χ3v) is 3.69. The molecule has 1 heterocycles. The van der Waals surface area contributed by atoms with Crippen molar-refractivity contribution < 1.29 is 5.11 Å². The van der Waals surface area contributed by atoms with Crippen LogP contribution in [0.25, 0.3) is 0 Å². The van der Waals surface area contributed by atoms with E-state index in [4.69, 9.17) is 0 Å². The standard InChI is InChI=1S/C15H23NO/c1-2-3-4-9-16-10-8-14(12-16)13-6-5-7-15(17)11-13/h5-7,11,14,17H,2-4,8-10,12H2,1H3. The summed E-state index contributed by atoms with van der Waals surface area (Å²) in [7, 11) is 0. The molecule has 1 aromatic carbocycles. The molecule has 0 radical (unpaired) electrons. The first-order chi connectivity index (χ1) is 8.29. The van der Waals surface area contributed by atoms with Crippen LogP contribution in [-0.2, 0) is 0 Å². The Morgan fingerprint density at radius 2 is 2.24 bits per heavy atom. The molecule has 94 valence electrons. The normalized spacial score (nSPS) is 20.9. The maximum atomic E-state index is 9.50. The Morgan fingerprint density at radius 3 is 3.00 bits per heavy atom. The fourth-order valence-corrected chi connectivity index (χ4v) is 2.67. The third-order valence-electron chi connectivity index (χ3n) is 3.69. The molecular weight excluding hydrogens is 210 g/mol. The Balaban J connectivity index is 1.85. The number of hydrogen-bond donors (Lipinski definition) is 1. The van der Waals surface area contributed by atoms with E-state index in [9.17, 15) is 5.11 Å². The van der Waals surface area contributed by atoms with Crippen LogP contribution in [0.2, 0.25) is 0 Å². The molecule has 0 saturated carbocycles. The van der Waals surface area contributed by atoms with Gasteiger partial charge >= 0.3 is 0 Å². The van der Waals surface area contributed by atoms with Gasteiger partial charge in [-0.3, -0.25) is 0 Å². The van der Waals surface area contributed by atoms with Crippen LogP contribution in [0.15, 0.2) is 24.3 Å². The molecular formula is C15H23NO. The summed E-state index contributed by atoms with van der Waals surface area (Å²) in [5.74, 6) is 1.01. The number of likely N-dealkylation sites (tertiary alicyclic amines) is 1. The molecule has 1 aliphatic rings. The molecule has 1 fully saturated rings. The average Bonchev–Trinajstić information content (AvgIpc) is 2.78. The number of aromatic hydroxyl groups is 1.